The number of aromatic nitrogens is 1. The van der Waals surface area contributed by atoms with Crippen LogP contribution in [0.1, 0.15) is 31.4 Å². The Kier molecular flexibility index (Phi) is 5.83. The lowest BCUT2D eigenvalue weighted by atomic mass is 10.1. The fourth-order valence-corrected chi connectivity index (χ4v) is 2.71. The van der Waals surface area contributed by atoms with Gasteiger partial charge in [-0.3, -0.25) is 9.59 Å². The van der Waals surface area contributed by atoms with E-state index in [-0.39, 0.29) is 12.5 Å². The van der Waals surface area contributed by atoms with E-state index in [9.17, 15) is 9.59 Å². The number of unbranched alkanes of at least 4 members (excludes halogenated alkanes) is 1. The number of H-pyrrole nitrogens is 1. The number of hydrogen-bond donors (Lipinski definition) is 2. The van der Waals surface area contributed by atoms with Crippen molar-refractivity contribution in [1.29, 1.82) is 0 Å². The molecule has 2 rings (SSSR count). The van der Waals surface area contributed by atoms with Gasteiger partial charge in [-0.25, -0.2) is 0 Å². The number of halogens is 1. The molecule has 0 aliphatic heterocycles. The molecule has 0 spiro atoms. The summed E-state index contributed by atoms with van der Waals surface area (Å²) in [5, 5.41) is 10.2. The van der Waals surface area contributed by atoms with Gasteiger partial charge in [-0.2, -0.15) is 0 Å². The highest BCUT2D eigenvalue weighted by Gasteiger charge is 2.13. The molecule has 0 amide bonds. The number of nitrogens with one attached hydrogen (secondary N) is 1. The summed E-state index contributed by atoms with van der Waals surface area (Å²) in [7, 11) is 0. The first kappa shape index (κ1) is 16.4. The van der Waals surface area contributed by atoms with Crippen LogP contribution in [0.3, 0.4) is 0 Å². The summed E-state index contributed by atoms with van der Waals surface area (Å²) in [5.74, 6) is -0.807. The Hall–Kier alpha value is -2.01. The number of carboxylic acids is 1. The summed E-state index contributed by atoms with van der Waals surface area (Å²) >= 11 is 6.14. The highest BCUT2D eigenvalue weighted by molar-refractivity contribution is 6.35. The van der Waals surface area contributed by atoms with Crippen LogP contribution in [0, 0.1) is 0 Å². The van der Waals surface area contributed by atoms with Gasteiger partial charge in [0, 0.05) is 34.5 Å². The van der Waals surface area contributed by atoms with Crippen LogP contribution in [-0.2, 0) is 20.7 Å². The van der Waals surface area contributed by atoms with Crippen LogP contribution in [0.2, 0.25) is 5.02 Å². The standard InChI is InChI=1S/C16H18ClNO4/c17-14-5-3-6-15-13(14)9-11(18-15)8-12(22-10-19)4-1-2-7-16(20)21/h3,5-6,9-10,12,18H,1-2,4,7-8H2,(H,20,21). The van der Waals surface area contributed by atoms with Crippen molar-refractivity contribution in [1.82, 2.24) is 4.98 Å². The molecule has 0 fully saturated rings. The largest absolute Gasteiger partial charge is 0.481 e. The molecule has 0 saturated carbocycles. The maximum Gasteiger partial charge on any atom is 0.303 e. The van der Waals surface area contributed by atoms with Crippen molar-refractivity contribution in [2.45, 2.75) is 38.2 Å². The first-order valence-corrected chi connectivity index (χ1v) is 7.55. The predicted octanol–water partition coefficient (Wildman–Crippen LogP) is 3.55. The molecule has 1 heterocycles. The van der Waals surface area contributed by atoms with Crippen molar-refractivity contribution < 1.29 is 19.4 Å². The van der Waals surface area contributed by atoms with Crippen LogP contribution in [0.25, 0.3) is 10.9 Å². The van der Waals surface area contributed by atoms with E-state index >= 15 is 0 Å². The number of benzene rings is 1. The third-order valence-corrected chi connectivity index (χ3v) is 3.86. The van der Waals surface area contributed by atoms with E-state index in [0.29, 0.717) is 37.2 Å². The minimum Gasteiger partial charge on any atom is -0.481 e. The average molecular weight is 324 g/mol. The van der Waals surface area contributed by atoms with E-state index in [1.165, 1.54) is 0 Å². The molecular weight excluding hydrogens is 306 g/mol. The molecule has 118 valence electrons. The number of ether oxygens (including phenoxy) is 1. The van der Waals surface area contributed by atoms with Crippen LogP contribution < -0.4 is 0 Å². The molecule has 5 nitrogen and oxygen atoms in total. The second kappa shape index (κ2) is 7.84. The van der Waals surface area contributed by atoms with Gasteiger partial charge in [0.2, 0.25) is 0 Å². The Bertz CT molecular complexity index is 653. The molecule has 1 atom stereocenters. The van der Waals surface area contributed by atoms with Gasteiger partial charge in [-0.15, -0.1) is 0 Å². The fourth-order valence-electron chi connectivity index (χ4n) is 2.48. The highest BCUT2D eigenvalue weighted by atomic mass is 35.5. The van der Waals surface area contributed by atoms with Gasteiger partial charge in [-0.1, -0.05) is 17.7 Å². The van der Waals surface area contributed by atoms with Gasteiger partial charge in [0.15, 0.2) is 0 Å². The normalized spacial score (nSPS) is 12.2. The number of carbonyl (C=O) groups excluding carboxylic acids is 1. The molecule has 0 saturated heterocycles. The molecule has 2 aromatic rings. The lowest BCUT2D eigenvalue weighted by Gasteiger charge is -2.13. The van der Waals surface area contributed by atoms with Crippen molar-refractivity contribution in [3.63, 3.8) is 0 Å². The van der Waals surface area contributed by atoms with E-state index < -0.39 is 5.97 Å². The van der Waals surface area contributed by atoms with Crippen LogP contribution in [0.4, 0.5) is 0 Å². The van der Waals surface area contributed by atoms with E-state index in [0.717, 1.165) is 16.6 Å². The van der Waals surface area contributed by atoms with Crippen molar-refractivity contribution >= 4 is 34.9 Å². The first-order chi connectivity index (χ1) is 10.6. The molecule has 0 aliphatic carbocycles. The van der Waals surface area contributed by atoms with Gasteiger partial charge in [0.05, 0.1) is 0 Å². The molecule has 1 aromatic heterocycles. The lowest BCUT2D eigenvalue weighted by molar-refractivity contribution is -0.137. The Balaban J connectivity index is 1.98. The van der Waals surface area contributed by atoms with Crippen LogP contribution in [0.5, 0.6) is 0 Å². The van der Waals surface area contributed by atoms with Crippen molar-refractivity contribution in [2.24, 2.45) is 0 Å². The zero-order chi connectivity index (χ0) is 15.9. The second-order valence-electron chi connectivity index (χ2n) is 5.19. The van der Waals surface area contributed by atoms with Crippen molar-refractivity contribution in [3.8, 4) is 0 Å². The van der Waals surface area contributed by atoms with E-state index in [1.54, 1.807) is 0 Å². The van der Waals surface area contributed by atoms with E-state index in [2.05, 4.69) is 4.98 Å². The number of aromatic amines is 1. The summed E-state index contributed by atoms with van der Waals surface area (Å²) in [6, 6.07) is 7.59. The zero-order valence-electron chi connectivity index (χ0n) is 12.0. The second-order valence-corrected chi connectivity index (χ2v) is 5.60. The smallest absolute Gasteiger partial charge is 0.303 e. The van der Waals surface area contributed by atoms with Crippen molar-refractivity contribution in [3.05, 3.63) is 35.0 Å². The Labute approximate surface area is 133 Å². The Morgan fingerprint density at radius 3 is 2.91 bits per heavy atom. The van der Waals surface area contributed by atoms with Gasteiger partial charge < -0.3 is 14.8 Å². The van der Waals surface area contributed by atoms with Crippen LogP contribution >= 0.6 is 11.6 Å². The van der Waals surface area contributed by atoms with Gasteiger partial charge >= 0.3 is 5.97 Å². The molecule has 0 radical (unpaired) electrons. The Morgan fingerprint density at radius 2 is 2.23 bits per heavy atom. The molecule has 0 bridgehead atoms. The number of hydrogen-bond acceptors (Lipinski definition) is 3. The summed E-state index contributed by atoms with van der Waals surface area (Å²) in [6.07, 6.45) is 2.33. The highest BCUT2D eigenvalue weighted by Crippen LogP contribution is 2.25. The van der Waals surface area contributed by atoms with Gasteiger partial charge in [-0.05, 0) is 37.5 Å². The minimum atomic E-state index is -0.807. The topological polar surface area (TPSA) is 79.4 Å². The number of rotatable bonds is 9. The summed E-state index contributed by atoms with van der Waals surface area (Å²) in [5.41, 5.74) is 1.88. The molecule has 22 heavy (non-hydrogen) atoms. The first-order valence-electron chi connectivity index (χ1n) is 7.17. The lowest BCUT2D eigenvalue weighted by Crippen LogP contribution is -2.15. The summed E-state index contributed by atoms with van der Waals surface area (Å²) in [6.45, 7) is 0.442. The fraction of sp³-hybridized carbons (Fsp3) is 0.375. The van der Waals surface area contributed by atoms with Crippen LogP contribution in [0.15, 0.2) is 24.3 Å². The van der Waals surface area contributed by atoms with E-state index in [1.807, 2.05) is 24.3 Å². The number of fused-ring (bicyclic) bond motifs is 1. The quantitative estimate of drug-likeness (QED) is 0.546. The van der Waals surface area contributed by atoms with Gasteiger partial charge in [0.1, 0.15) is 6.10 Å². The maximum absolute atomic E-state index is 10.6. The molecule has 1 aromatic carbocycles. The average Bonchev–Trinajstić information content (AvgIpc) is 2.87. The predicted molar refractivity (Wildman–Crippen MR) is 84.1 cm³/mol. The minimum absolute atomic E-state index is 0.135. The van der Waals surface area contributed by atoms with Gasteiger partial charge in [0.25, 0.3) is 6.47 Å². The van der Waals surface area contributed by atoms with Crippen LogP contribution in [-0.4, -0.2) is 28.6 Å². The molecule has 6 heteroatoms. The third kappa shape index (κ3) is 4.49. The number of carbonyl (C=O) groups is 2. The van der Waals surface area contributed by atoms with E-state index in [4.69, 9.17) is 21.4 Å². The SMILES string of the molecule is O=COC(CCCCC(=O)O)Cc1cc2c(Cl)cccc2[nH]1. The summed E-state index contributed by atoms with van der Waals surface area (Å²) in [4.78, 5) is 24.4. The summed E-state index contributed by atoms with van der Waals surface area (Å²) < 4.78 is 5.10. The third-order valence-electron chi connectivity index (χ3n) is 3.53. The molecule has 0 aliphatic rings. The van der Waals surface area contributed by atoms with Crippen molar-refractivity contribution in [2.75, 3.05) is 0 Å². The maximum atomic E-state index is 10.6. The molecule has 1 unspecified atom stereocenters. The zero-order valence-corrected chi connectivity index (χ0v) is 12.8. The number of carboxylic acid groups (broad SMARTS) is 1. The Morgan fingerprint density at radius 1 is 1.41 bits per heavy atom. The molecular formula is C16H18ClNO4. The molecule has 2 N–H and O–H groups in total. The monoisotopic (exact) mass is 323 g/mol. The number of aliphatic carboxylic acids is 1.